The fourth-order valence-corrected chi connectivity index (χ4v) is 3.50. The van der Waals surface area contributed by atoms with Crippen LogP contribution in [-0.4, -0.2) is 15.0 Å². The van der Waals surface area contributed by atoms with Crippen molar-refractivity contribution >= 4 is 39.1 Å². The summed E-state index contributed by atoms with van der Waals surface area (Å²) < 4.78 is 0. The average molecular weight is 283 g/mol. The minimum Gasteiger partial charge on any atom is -0.381 e. The van der Waals surface area contributed by atoms with Gasteiger partial charge >= 0.3 is 0 Å². The van der Waals surface area contributed by atoms with Gasteiger partial charge in [0.2, 0.25) is 0 Å². The van der Waals surface area contributed by atoms with E-state index in [1.807, 2.05) is 24.3 Å². The lowest BCUT2D eigenvalue weighted by Crippen LogP contribution is -2.02. The zero-order chi connectivity index (χ0) is 13.5. The van der Waals surface area contributed by atoms with Crippen molar-refractivity contribution in [2.45, 2.75) is 19.3 Å². The molecule has 0 saturated heterocycles. The molecule has 1 aromatic carbocycles. The van der Waals surface area contributed by atoms with Crippen LogP contribution in [0.2, 0.25) is 0 Å². The lowest BCUT2D eigenvalue weighted by molar-refractivity contribution is 0.900. The standard InChI is InChI=1S/C14H13N5S/c15-12-13(17-9-5-2-1-4-8(9)16-12)19-14-18-10-6-3-7-11(10)20-14/h1-2,4-5H,3,6-7H2,(H2,15,16)(H,17,18,19). The number of nitrogens with one attached hydrogen (secondary N) is 1. The number of aromatic nitrogens is 3. The molecule has 2 heterocycles. The lowest BCUT2D eigenvalue weighted by atomic mass is 10.3. The molecule has 0 aliphatic heterocycles. The minimum absolute atomic E-state index is 0.402. The van der Waals surface area contributed by atoms with Crippen LogP contribution in [0.3, 0.4) is 0 Å². The molecule has 0 spiro atoms. The van der Waals surface area contributed by atoms with E-state index >= 15 is 0 Å². The molecule has 2 aromatic heterocycles. The summed E-state index contributed by atoms with van der Waals surface area (Å²) >= 11 is 1.69. The van der Waals surface area contributed by atoms with E-state index in [2.05, 4.69) is 20.3 Å². The van der Waals surface area contributed by atoms with E-state index in [4.69, 9.17) is 5.73 Å². The number of nitrogen functional groups attached to an aromatic ring is 1. The molecule has 3 aromatic rings. The summed E-state index contributed by atoms with van der Waals surface area (Å²) in [6, 6.07) is 7.69. The molecule has 3 N–H and O–H groups in total. The normalized spacial score (nSPS) is 13.6. The molecular formula is C14H13N5S. The number of aryl methyl sites for hydroxylation is 2. The molecular weight excluding hydrogens is 270 g/mol. The third kappa shape index (κ3) is 1.89. The van der Waals surface area contributed by atoms with Crippen LogP contribution in [0.15, 0.2) is 24.3 Å². The fraction of sp³-hybridized carbons (Fsp3) is 0.214. The summed E-state index contributed by atoms with van der Waals surface area (Å²) in [6.45, 7) is 0. The number of benzene rings is 1. The number of nitrogens with two attached hydrogens (primary N) is 1. The summed E-state index contributed by atoms with van der Waals surface area (Å²) in [5.74, 6) is 0.982. The summed E-state index contributed by atoms with van der Waals surface area (Å²) in [6.07, 6.45) is 3.42. The van der Waals surface area contributed by atoms with Crippen molar-refractivity contribution in [3.63, 3.8) is 0 Å². The van der Waals surface area contributed by atoms with Crippen molar-refractivity contribution in [1.82, 2.24) is 15.0 Å². The van der Waals surface area contributed by atoms with E-state index in [0.717, 1.165) is 29.0 Å². The van der Waals surface area contributed by atoms with Crippen molar-refractivity contribution in [2.75, 3.05) is 11.1 Å². The van der Waals surface area contributed by atoms with E-state index < -0.39 is 0 Å². The number of hydrogen-bond donors (Lipinski definition) is 2. The topological polar surface area (TPSA) is 76.7 Å². The molecule has 0 fully saturated rings. The smallest absolute Gasteiger partial charge is 0.188 e. The average Bonchev–Trinajstić information content (AvgIpc) is 3.00. The van der Waals surface area contributed by atoms with Gasteiger partial charge < -0.3 is 11.1 Å². The summed E-state index contributed by atoms with van der Waals surface area (Å²) in [4.78, 5) is 14.9. The van der Waals surface area contributed by atoms with Crippen LogP contribution in [0.4, 0.5) is 16.8 Å². The van der Waals surface area contributed by atoms with E-state index in [-0.39, 0.29) is 0 Å². The first-order valence-corrected chi connectivity index (χ1v) is 7.39. The number of hydrogen-bond acceptors (Lipinski definition) is 6. The first-order chi connectivity index (χ1) is 9.79. The fourth-order valence-electron chi connectivity index (χ4n) is 2.45. The molecule has 5 nitrogen and oxygen atoms in total. The van der Waals surface area contributed by atoms with Crippen LogP contribution in [0.1, 0.15) is 17.0 Å². The van der Waals surface area contributed by atoms with Gasteiger partial charge in [0.25, 0.3) is 0 Å². The second-order valence-corrected chi connectivity index (χ2v) is 5.90. The Hall–Kier alpha value is -2.21. The molecule has 6 heteroatoms. The van der Waals surface area contributed by atoms with E-state index in [9.17, 15) is 0 Å². The zero-order valence-corrected chi connectivity index (χ0v) is 11.6. The highest BCUT2D eigenvalue weighted by Gasteiger charge is 2.17. The molecule has 100 valence electrons. The van der Waals surface area contributed by atoms with Crippen LogP contribution in [0, 0.1) is 0 Å². The Labute approximate surface area is 119 Å². The number of rotatable bonds is 2. The van der Waals surface area contributed by atoms with Gasteiger partial charge in [-0.2, -0.15) is 0 Å². The van der Waals surface area contributed by atoms with Gasteiger partial charge in [-0.3, -0.25) is 0 Å². The summed E-state index contributed by atoms with van der Waals surface area (Å²) in [5.41, 5.74) is 8.81. The van der Waals surface area contributed by atoms with Crippen LogP contribution >= 0.6 is 11.3 Å². The van der Waals surface area contributed by atoms with Gasteiger partial charge in [0.1, 0.15) is 0 Å². The number of anilines is 3. The molecule has 1 aliphatic carbocycles. The van der Waals surface area contributed by atoms with Crippen LogP contribution in [0.25, 0.3) is 11.0 Å². The van der Waals surface area contributed by atoms with Crippen molar-refractivity contribution in [3.8, 4) is 0 Å². The molecule has 0 radical (unpaired) electrons. The molecule has 0 amide bonds. The van der Waals surface area contributed by atoms with Gasteiger partial charge in [-0.25, -0.2) is 15.0 Å². The maximum Gasteiger partial charge on any atom is 0.188 e. The highest BCUT2D eigenvalue weighted by Crippen LogP contribution is 2.32. The molecule has 0 bridgehead atoms. The van der Waals surface area contributed by atoms with Gasteiger partial charge in [-0.05, 0) is 31.4 Å². The van der Waals surface area contributed by atoms with Crippen molar-refractivity contribution in [3.05, 3.63) is 34.8 Å². The Bertz CT molecular complexity index is 774. The number of fused-ring (bicyclic) bond motifs is 2. The van der Waals surface area contributed by atoms with Crippen molar-refractivity contribution in [2.24, 2.45) is 0 Å². The minimum atomic E-state index is 0.402. The van der Waals surface area contributed by atoms with Gasteiger partial charge in [0, 0.05) is 4.88 Å². The number of para-hydroxylation sites is 2. The third-order valence-corrected chi connectivity index (χ3v) is 4.49. The lowest BCUT2D eigenvalue weighted by Gasteiger charge is -2.06. The van der Waals surface area contributed by atoms with E-state index in [1.165, 1.54) is 17.0 Å². The second-order valence-electron chi connectivity index (χ2n) is 4.81. The van der Waals surface area contributed by atoms with Crippen LogP contribution in [0.5, 0.6) is 0 Å². The summed E-state index contributed by atoms with van der Waals surface area (Å²) in [5, 5.41) is 4.06. The Kier molecular flexibility index (Phi) is 2.56. The van der Waals surface area contributed by atoms with E-state index in [0.29, 0.717) is 11.6 Å². The van der Waals surface area contributed by atoms with Gasteiger partial charge in [0.05, 0.1) is 16.7 Å². The Morgan fingerprint density at radius 1 is 1.05 bits per heavy atom. The predicted octanol–water partition coefficient (Wildman–Crippen LogP) is 2.90. The Balaban J connectivity index is 1.72. The van der Waals surface area contributed by atoms with Gasteiger partial charge in [-0.1, -0.05) is 12.1 Å². The Morgan fingerprint density at radius 3 is 2.65 bits per heavy atom. The number of nitrogens with zero attached hydrogens (tertiary/aromatic N) is 3. The second kappa shape index (κ2) is 4.42. The predicted molar refractivity (Wildman–Crippen MR) is 81.4 cm³/mol. The quantitative estimate of drug-likeness (QED) is 0.756. The van der Waals surface area contributed by atoms with Crippen molar-refractivity contribution < 1.29 is 0 Å². The van der Waals surface area contributed by atoms with Crippen LogP contribution < -0.4 is 11.1 Å². The first-order valence-electron chi connectivity index (χ1n) is 6.57. The van der Waals surface area contributed by atoms with E-state index in [1.54, 1.807) is 11.3 Å². The highest BCUT2D eigenvalue weighted by atomic mass is 32.1. The van der Waals surface area contributed by atoms with Crippen molar-refractivity contribution in [1.29, 1.82) is 0 Å². The molecule has 20 heavy (non-hydrogen) atoms. The molecule has 1 aliphatic rings. The van der Waals surface area contributed by atoms with Crippen LogP contribution in [-0.2, 0) is 12.8 Å². The molecule has 0 unspecified atom stereocenters. The third-order valence-electron chi connectivity index (χ3n) is 3.42. The van der Waals surface area contributed by atoms with Gasteiger partial charge in [-0.15, -0.1) is 11.3 Å². The first kappa shape index (κ1) is 11.6. The van der Waals surface area contributed by atoms with Gasteiger partial charge in [0.15, 0.2) is 16.8 Å². The zero-order valence-electron chi connectivity index (χ0n) is 10.8. The highest BCUT2D eigenvalue weighted by molar-refractivity contribution is 7.15. The molecule has 0 atom stereocenters. The number of thiazole rings is 1. The summed E-state index contributed by atoms with van der Waals surface area (Å²) in [7, 11) is 0. The molecule has 4 rings (SSSR count). The Morgan fingerprint density at radius 2 is 1.85 bits per heavy atom. The SMILES string of the molecule is Nc1nc2ccccc2nc1Nc1nc2c(s1)CCC2. The largest absolute Gasteiger partial charge is 0.381 e. The maximum absolute atomic E-state index is 5.97. The molecule has 0 saturated carbocycles. The monoisotopic (exact) mass is 283 g/mol. The maximum atomic E-state index is 5.97.